The highest BCUT2D eigenvalue weighted by Gasteiger charge is 2.46. The summed E-state index contributed by atoms with van der Waals surface area (Å²) in [5.41, 5.74) is -0.707. The quantitative estimate of drug-likeness (QED) is 0.744. The number of nitriles is 1. The lowest BCUT2D eigenvalue weighted by Crippen LogP contribution is -2.42. The summed E-state index contributed by atoms with van der Waals surface area (Å²) >= 11 is 0. The Bertz CT molecular complexity index is 366. The lowest BCUT2D eigenvalue weighted by atomic mass is 9.86. The summed E-state index contributed by atoms with van der Waals surface area (Å²) in [6.45, 7) is 3.76. The van der Waals surface area contributed by atoms with Crippen LogP contribution < -0.4 is 0 Å². The van der Waals surface area contributed by atoms with Gasteiger partial charge in [-0.3, -0.25) is 4.79 Å². The van der Waals surface area contributed by atoms with E-state index in [1.165, 1.54) is 0 Å². The zero-order valence-electron chi connectivity index (χ0n) is 11.6. The van der Waals surface area contributed by atoms with Gasteiger partial charge in [-0.15, -0.1) is 0 Å². The topological polar surface area (TPSA) is 47.3 Å². The summed E-state index contributed by atoms with van der Waals surface area (Å²) in [7, 11) is 4.12. The van der Waals surface area contributed by atoms with Gasteiger partial charge in [0.2, 0.25) is 5.91 Å². The number of nitrogens with zero attached hydrogens (tertiary/aromatic N) is 3. The SMILES string of the molecule is CC1CN(C(=O)C2(C#N)CCCC2)CC1N(C)C. The number of carbonyl (C=O) groups is 1. The van der Waals surface area contributed by atoms with Crippen LogP contribution in [0.5, 0.6) is 0 Å². The molecule has 2 unspecified atom stereocenters. The minimum atomic E-state index is -0.707. The van der Waals surface area contributed by atoms with E-state index in [2.05, 4.69) is 32.0 Å². The Morgan fingerprint density at radius 3 is 2.39 bits per heavy atom. The van der Waals surface area contributed by atoms with Gasteiger partial charge in [-0.25, -0.2) is 0 Å². The van der Waals surface area contributed by atoms with Crippen LogP contribution in [0.3, 0.4) is 0 Å². The highest BCUT2D eigenvalue weighted by Crippen LogP contribution is 2.40. The largest absolute Gasteiger partial charge is 0.339 e. The summed E-state index contributed by atoms with van der Waals surface area (Å²) < 4.78 is 0. The second-order valence-corrected chi connectivity index (χ2v) is 6.12. The van der Waals surface area contributed by atoms with E-state index in [0.29, 0.717) is 12.0 Å². The maximum atomic E-state index is 12.6. The summed E-state index contributed by atoms with van der Waals surface area (Å²) in [5.74, 6) is 0.569. The van der Waals surface area contributed by atoms with Crippen LogP contribution in [0, 0.1) is 22.7 Å². The lowest BCUT2D eigenvalue weighted by molar-refractivity contribution is -0.138. The molecule has 2 atom stereocenters. The molecule has 1 aliphatic heterocycles. The number of amides is 1. The number of rotatable bonds is 2. The minimum absolute atomic E-state index is 0.0821. The lowest BCUT2D eigenvalue weighted by Gasteiger charge is -2.27. The van der Waals surface area contributed by atoms with Crippen LogP contribution in [0.1, 0.15) is 32.6 Å². The fourth-order valence-corrected chi connectivity index (χ4v) is 3.44. The molecule has 0 aromatic heterocycles. The van der Waals surface area contributed by atoms with Gasteiger partial charge in [0.05, 0.1) is 6.07 Å². The van der Waals surface area contributed by atoms with Gasteiger partial charge in [-0.05, 0) is 32.9 Å². The number of carbonyl (C=O) groups excluding carboxylic acids is 1. The van der Waals surface area contributed by atoms with Gasteiger partial charge in [0.15, 0.2) is 0 Å². The van der Waals surface area contributed by atoms with Crippen molar-refractivity contribution < 1.29 is 4.79 Å². The zero-order chi connectivity index (χ0) is 13.3. The van der Waals surface area contributed by atoms with Gasteiger partial charge in [-0.1, -0.05) is 19.8 Å². The standard InChI is InChI=1S/C14H23N3O/c1-11-8-17(9-12(11)16(2)3)13(18)14(10-15)6-4-5-7-14/h11-12H,4-9H2,1-3H3. The molecule has 1 aliphatic carbocycles. The first-order valence-corrected chi connectivity index (χ1v) is 6.87. The van der Waals surface area contributed by atoms with Crippen molar-refractivity contribution in [1.82, 2.24) is 9.80 Å². The van der Waals surface area contributed by atoms with Crippen LogP contribution in [0.25, 0.3) is 0 Å². The first kappa shape index (κ1) is 13.4. The van der Waals surface area contributed by atoms with E-state index < -0.39 is 5.41 Å². The van der Waals surface area contributed by atoms with Gasteiger partial charge in [-0.2, -0.15) is 5.26 Å². The molecule has 0 aromatic carbocycles. The van der Waals surface area contributed by atoms with E-state index in [1.54, 1.807) is 0 Å². The van der Waals surface area contributed by atoms with Crippen molar-refractivity contribution in [3.05, 3.63) is 0 Å². The van der Waals surface area contributed by atoms with E-state index in [9.17, 15) is 10.1 Å². The molecule has 1 amide bonds. The average Bonchev–Trinajstić information content (AvgIpc) is 2.95. The molecular formula is C14H23N3O. The molecule has 0 bridgehead atoms. The maximum absolute atomic E-state index is 12.6. The van der Waals surface area contributed by atoms with E-state index >= 15 is 0 Å². The fraction of sp³-hybridized carbons (Fsp3) is 0.857. The van der Waals surface area contributed by atoms with Crippen molar-refractivity contribution in [2.45, 2.75) is 38.6 Å². The minimum Gasteiger partial charge on any atom is -0.339 e. The van der Waals surface area contributed by atoms with Crippen molar-refractivity contribution >= 4 is 5.91 Å². The Morgan fingerprint density at radius 2 is 1.94 bits per heavy atom. The third-order valence-corrected chi connectivity index (χ3v) is 4.60. The molecule has 4 nitrogen and oxygen atoms in total. The summed E-state index contributed by atoms with van der Waals surface area (Å²) in [4.78, 5) is 16.7. The van der Waals surface area contributed by atoms with E-state index in [1.807, 2.05) is 4.90 Å². The Morgan fingerprint density at radius 1 is 1.33 bits per heavy atom. The Kier molecular flexibility index (Phi) is 3.63. The van der Waals surface area contributed by atoms with Crippen molar-refractivity contribution in [2.24, 2.45) is 11.3 Å². The molecule has 0 radical (unpaired) electrons. The van der Waals surface area contributed by atoms with E-state index in [0.717, 1.165) is 38.8 Å². The molecule has 2 rings (SSSR count). The molecule has 2 fully saturated rings. The molecule has 100 valence electrons. The number of likely N-dealkylation sites (N-methyl/N-ethyl adjacent to an activating group) is 1. The number of hydrogen-bond acceptors (Lipinski definition) is 3. The second kappa shape index (κ2) is 4.89. The molecule has 2 aliphatic rings. The van der Waals surface area contributed by atoms with Gasteiger partial charge < -0.3 is 9.80 Å². The van der Waals surface area contributed by atoms with Crippen LogP contribution in [0.2, 0.25) is 0 Å². The maximum Gasteiger partial charge on any atom is 0.243 e. The Balaban J connectivity index is 2.09. The van der Waals surface area contributed by atoms with Crippen molar-refractivity contribution in [3.8, 4) is 6.07 Å². The molecule has 4 heteroatoms. The third-order valence-electron chi connectivity index (χ3n) is 4.60. The van der Waals surface area contributed by atoms with Crippen molar-refractivity contribution in [3.63, 3.8) is 0 Å². The van der Waals surface area contributed by atoms with Gasteiger partial charge in [0, 0.05) is 19.1 Å². The third kappa shape index (κ3) is 2.12. The predicted octanol–water partition coefficient (Wildman–Crippen LogP) is 1.48. The van der Waals surface area contributed by atoms with Crippen LogP contribution in [-0.2, 0) is 4.79 Å². The summed E-state index contributed by atoms with van der Waals surface area (Å²) in [5, 5.41) is 9.38. The van der Waals surface area contributed by atoms with Gasteiger partial charge >= 0.3 is 0 Å². The fourth-order valence-electron chi connectivity index (χ4n) is 3.44. The summed E-state index contributed by atoms with van der Waals surface area (Å²) in [6.07, 6.45) is 3.53. The van der Waals surface area contributed by atoms with Crippen molar-refractivity contribution in [2.75, 3.05) is 27.2 Å². The molecule has 0 spiro atoms. The number of likely N-dealkylation sites (tertiary alicyclic amines) is 1. The van der Waals surface area contributed by atoms with Gasteiger partial charge in [0.1, 0.15) is 5.41 Å². The molecule has 1 heterocycles. The second-order valence-electron chi connectivity index (χ2n) is 6.12. The number of hydrogen-bond donors (Lipinski definition) is 0. The highest BCUT2D eigenvalue weighted by molar-refractivity contribution is 5.86. The molecule has 1 saturated carbocycles. The highest BCUT2D eigenvalue weighted by atomic mass is 16.2. The summed E-state index contributed by atoms with van der Waals surface area (Å²) in [6, 6.07) is 2.73. The predicted molar refractivity (Wildman–Crippen MR) is 69.7 cm³/mol. The Labute approximate surface area is 110 Å². The van der Waals surface area contributed by atoms with Crippen LogP contribution in [0.15, 0.2) is 0 Å². The normalized spacial score (nSPS) is 30.7. The van der Waals surface area contributed by atoms with E-state index in [4.69, 9.17) is 0 Å². The monoisotopic (exact) mass is 249 g/mol. The first-order chi connectivity index (χ1) is 8.50. The first-order valence-electron chi connectivity index (χ1n) is 6.87. The average molecular weight is 249 g/mol. The smallest absolute Gasteiger partial charge is 0.243 e. The molecular weight excluding hydrogens is 226 g/mol. The van der Waals surface area contributed by atoms with E-state index in [-0.39, 0.29) is 5.91 Å². The molecule has 18 heavy (non-hydrogen) atoms. The molecule has 0 N–H and O–H groups in total. The van der Waals surface area contributed by atoms with Crippen LogP contribution >= 0.6 is 0 Å². The Hall–Kier alpha value is -1.08. The molecule has 1 saturated heterocycles. The molecule has 0 aromatic rings. The zero-order valence-corrected chi connectivity index (χ0v) is 11.6. The van der Waals surface area contributed by atoms with Crippen LogP contribution in [0.4, 0.5) is 0 Å². The van der Waals surface area contributed by atoms with Crippen molar-refractivity contribution in [1.29, 1.82) is 5.26 Å². The van der Waals surface area contributed by atoms with Crippen LogP contribution in [-0.4, -0.2) is 48.9 Å². The van der Waals surface area contributed by atoms with Gasteiger partial charge in [0.25, 0.3) is 0 Å².